The smallest absolute Gasteiger partial charge is 0.231 e. The van der Waals surface area contributed by atoms with Gasteiger partial charge in [-0.3, -0.25) is 4.79 Å². The molecule has 0 spiro atoms. The molecule has 0 radical (unpaired) electrons. The second-order valence-corrected chi connectivity index (χ2v) is 7.41. The fourth-order valence-corrected chi connectivity index (χ4v) is 4.15. The molecule has 3 heterocycles. The fraction of sp³-hybridized carbons (Fsp3) is 0.632. The number of carbonyl (C=O) groups excluding carboxylic acids is 1. The Morgan fingerprint density at radius 1 is 1.16 bits per heavy atom. The first-order valence-electron chi connectivity index (χ1n) is 9.39. The minimum Gasteiger partial charge on any atom is -0.443 e. The molecular weight excluding hydrogens is 316 g/mol. The van der Waals surface area contributed by atoms with Crippen LogP contribution in [0, 0.1) is 19.8 Å². The number of aryl methyl sites for hydroxylation is 2. The topological polar surface area (TPSA) is 71.3 Å². The first kappa shape index (κ1) is 16.4. The molecule has 1 aliphatic carbocycles. The van der Waals surface area contributed by atoms with E-state index in [0.717, 1.165) is 61.3 Å². The number of furan rings is 1. The van der Waals surface area contributed by atoms with E-state index in [4.69, 9.17) is 4.42 Å². The van der Waals surface area contributed by atoms with E-state index < -0.39 is 0 Å². The van der Waals surface area contributed by atoms with E-state index in [0.29, 0.717) is 11.8 Å². The number of piperidine rings is 1. The molecule has 2 aromatic rings. The molecule has 0 bridgehead atoms. The highest BCUT2D eigenvalue weighted by Crippen LogP contribution is 2.32. The van der Waals surface area contributed by atoms with Crippen LogP contribution >= 0.6 is 0 Å². The maximum Gasteiger partial charge on any atom is 0.231 e. The van der Waals surface area contributed by atoms with Crippen molar-refractivity contribution in [1.29, 1.82) is 0 Å². The minimum absolute atomic E-state index is 0.126. The van der Waals surface area contributed by atoms with Crippen molar-refractivity contribution in [1.82, 2.24) is 15.3 Å². The summed E-state index contributed by atoms with van der Waals surface area (Å²) in [7, 11) is 0. The Kier molecular flexibility index (Phi) is 4.36. The number of rotatable bonds is 3. The Morgan fingerprint density at radius 2 is 1.88 bits per heavy atom. The van der Waals surface area contributed by atoms with Gasteiger partial charge >= 0.3 is 0 Å². The molecule has 134 valence electrons. The van der Waals surface area contributed by atoms with E-state index in [1.807, 2.05) is 6.92 Å². The normalized spacial score (nSPS) is 19.7. The van der Waals surface area contributed by atoms with E-state index in [1.165, 1.54) is 12.8 Å². The maximum absolute atomic E-state index is 12.5. The highest BCUT2D eigenvalue weighted by molar-refractivity contribution is 5.90. The van der Waals surface area contributed by atoms with Gasteiger partial charge in [0.25, 0.3) is 0 Å². The third-order valence-corrected chi connectivity index (χ3v) is 5.81. The van der Waals surface area contributed by atoms with Gasteiger partial charge in [0, 0.05) is 30.6 Å². The van der Waals surface area contributed by atoms with Gasteiger partial charge in [-0.05, 0) is 39.5 Å². The number of nitrogens with one attached hydrogen (secondary N) is 1. The van der Waals surface area contributed by atoms with E-state index in [9.17, 15) is 4.79 Å². The molecule has 25 heavy (non-hydrogen) atoms. The van der Waals surface area contributed by atoms with E-state index in [2.05, 4.69) is 27.1 Å². The summed E-state index contributed by atoms with van der Waals surface area (Å²) in [4.78, 5) is 23.5. The molecule has 0 atom stereocenters. The van der Waals surface area contributed by atoms with Crippen molar-refractivity contribution < 1.29 is 9.21 Å². The fourth-order valence-electron chi connectivity index (χ4n) is 4.15. The number of nitrogens with zero attached hydrogens (tertiary/aromatic N) is 3. The van der Waals surface area contributed by atoms with Gasteiger partial charge in [-0.1, -0.05) is 12.8 Å². The van der Waals surface area contributed by atoms with Crippen LogP contribution in [0.25, 0.3) is 11.1 Å². The molecule has 1 saturated heterocycles. The van der Waals surface area contributed by atoms with Crippen LogP contribution < -0.4 is 10.2 Å². The first-order valence-corrected chi connectivity index (χ1v) is 9.39. The summed E-state index contributed by atoms with van der Waals surface area (Å²) in [5.41, 5.74) is 1.76. The van der Waals surface area contributed by atoms with E-state index >= 15 is 0 Å². The summed E-state index contributed by atoms with van der Waals surface area (Å²) in [6.07, 6.45) is 8.09. The second kappa shape index (κ2) is 6.65. The molecule has 2 aliphatic rings. The number of aromatic nitrogens is 2. The molecule has 0 unspecified atom stereocenters. The summed E-state index contributed by atoms with van der Waals surface area (Å²) >= 11 is 0. The molecule has 1 aliphatic heterocycles. The Bertz CT molecular complexity index is 771. The number of fused-ring (bicyclic) bond motifs is 1. The summed E-state index contributed by atoms with van der Waals surface area (Å²) in [5.74, 6) is 2.20. The zero-order valence-corrected chi connectivity index (χ0v) is 15.0. The highest BCUT2D eigenvalue weighted by Gasteiger charge is 2.29. The molecule has 6 nitrogen and oxygen atoms in total. The molecule has 0 aromatic carbocycles. The highest BCUT2D eigenvalue weighted by atomic mass is 16.3. The van der Waals surface area contributed by atoms with Crippen molar-refractivity contribution >= 4 is 22.8 Å². The van der Waals surface area contributed by atoms with Crippen LogP contribution in [0.4, 0.5) is 5.82 Å². The van der Waals surface area contributed by atoms with Crippen molar-refractivity contribution in [3.8, 4) is 0 Å². The van der Waals surface area contributed by atoms with Crippen LogP contribution in [0.2, 0.25) is 0 Å². The summed E-state index contributed by atoms with van der Waals surface area (Å²) in [6, 6.07) is 0.406. The van der Waals surface area contributed by atoms with Crippen molar-refractivity contribution in [2.45, 2.75) is 58.4 Å². The number of hydrogen-bond acceptors (Lipinski definition) is 5. The van der Waals surface area contributed by atoms with Crippen molar-refractivity contribution in [3.63, 3.8) is 0 Å². The van der Waals surface area contributed by atoms with Crippen molar-refractivity contribution in [2.24, 2.45) is 5.92 Å². The van der Waals surface area contributed by atoms with Crippen LogP contribution in [0.15, 0.2) is 10.7 Å². The van der Waals surface area contributed by atoms with Gasteiger partial charge in [0.1, 0.15) is 17.9 Å². The van der Waals surface area contributed by atoms with Crippen molar-refractivity contribution in [2.75, 3.05) is 18.0 Å². The Balaban J connectivity index is 1.44. The van der Waals surface area contributed by atoms with Gasteiger partial charge in [0.15, 0.2) is 0 Å². The lowest BCUT2D eigenvalue weighted by Crippen LogP contribution is -2.43. The third-order valence-electron chi connectivity index (χ3n) is 5.81. The molecule has 2 fully saturated rings. The molecule has 1 amide bonds. The van der Waals surface area contributed by atoms with Crippen LogP contribution in [0.5, 0.6) is 0 Å². The minimum atomic E-state index is 0.126. The van der Waals surface area contributed by atoms with Gasteiger partial charge in [-0.25, -0.2) is 9.97 Å². The molecule has 1 N–H and O–H groups in total. The van der Waals surface area contributed by atoms with Gasteiger partial charge in [-0.15, -0.1) is 0 Å². The van der Waals surface area contributed by atoms with E-state index in [1.54, 1.807) is 6.33 Å². The predicted octanol–water partition coefficient (Wildman–Crippen LogP) is 3.11. The number of carbonyl (C=O) groups is 1. The SMILES string of the molecule is Cc1oc2ncnc(N3CCC(C(=O)NC4CCCC4)CC3)c2c1C. The summed E-state index contributed by atoms with van der Waals surface area (Å²) < 4.78 is 5.72. The Labute approximate surface area is 148 Å². The quantitative estimate of drug-likeness (QED) is 0.928. The summed E-state index contributed by atoms with van der Waals surface area (Å²) in [5, 5.41) is 4.26. The van der Waals surface area contributed by atoms with Crippen molar-refractivity contribution in [3.05, 3.63) is 17.7 Å². The standard InChI is InChI=1S/C19H26N4O2/c1-12-13(2)25-19-16(12)17(20-11-21-19)23-9-7-14(8-10-23)18(24)22-15-5-3-4-6-15/h11,14-15H,3-10H2,1-2H3,(H,22,24). The molecule has 2 aromatic heterocycles. The number of amides is 1. The predicted molar refractivity (Wildman–Crippen MR) is 96.6 cm³/mol. The van der Waals surface area contributed by atoms with Gasteiger partial charge in [0.05, 0.1) is 5.39 Å². The van der Waals surface area contributed by atoms with Crippen LogP contribution in [0.1, 0.15) is 49.8 Å². The lowest BCUT2D eigenvalue weighted by molar-refractivity contribution is -0.126. The average molecular weight is 342 g/mol. The zero-order valence-electron chi connectivity index (χ0n) is 15.0. The monoisotopic (exact) mass is 342 g/mol. The molecule has 1 saturated carbocycles. The largest absolute Gasteiger partial charge is 0.443 e. The molecule has 4 rings (SSSR count). The second-order valence-electron chi connectivity index (χ2n) is 7.41. The Hall–Kier alpha value is -2.11. The molecule has 6 heteroatoms. The Morgan fingerprint density at radius 3 is 2.60 bits per heavy atom. The maximum atomic E-state index is 12.5. The lowest BCUT2D eigenvalue weighted by Gasteiger charge is -2.32. The van der Waals surface area contributed by atoms with Crippen LogP contribution in [0.3, 0.4) is 0 Å². The number of anilines is 1. The van der Waals surface area contributed by atoms with Crippen LogP contribution in [-0.2, 0) is 4.79 Å². The third kappa shape index (κ3) is 3.10. The number of hydrogen-bond donors (Lipinski definition) is 1. The van der Waals surface area contributed by atoms with Gasteiger partial charge < -0.3 is 14.6 Å². The van der Waals surface area contributed by atoms with Crippen LogP contribution in [-0.4, -0.2) is 35.0 Å². The lowest BCUT2D eigenvalue weighted by atomic mass is 9.95. The average Bonchev–Trinajstić information content (AvgIpc) is 3.23. The first-order chi connectivity index (χ1) is 12.1. The van der Waals surface area contributed by atoms with E-state index in [-0.39, 0.29) is 11.8 Å². The zero-order chi connectivity index (χ0) is 17.4. The van der Waals surface area contributed by atoms with Gasteiger partial charge in [-0.2, -0.15) is 0 Å². The van der Waals surface area contributed by atoms with Gasteiger partial charge in [0.2, 0.25) is 11.6 Å². The summed E-state index contributed by atoms with van der Waals surface area (Å²) in [6.45, 7) is 5.70. The molecular formula is C19H26N4O2.